The number of thiocarbonyl (C=S) groups is 1. The van der Waals surface area contributed by atoms with Gasteiger partial charge < -0.3 is 9.47 Å². The second kappa shape index (κ2) is 6.79. The van der Waals surface area contributed by atoms with Gasteiger partial charge in [0, 0.05) is 6.07 Å². The van der Waals surface area contributed by atoms with Gasteiger partial charge in [0.05, 0.1) is 10.2 Å². The minimum atomic E-state index is -0.656. The maximum atomic E-state index is 13.4. The van der Waals surface area contributed by atoms with E-state index in [4.69, 9.17) is 21.1 Å². The van der Waals surface area contributed by atoms with Gasteiger partial charge in [0.15, 0.2) is 12.4 Å². The average molecular weight is 318 g/mol. The standard InChI is InChI=1S/C13H13ClFNO3S/c1-13(2,3)19-12(17)6-18-11-5-10(16-7-20)9(15)4-8(11)14/h4-5H,6H2,1-3H3. The Morgan fingerprint density at radius 1 is 1.50 bits per heavy atom. The molecule has 108 valence electrons. The molecule has 0 amide bonds. The number of ether oxygens (including phenoxy) is 2. The van der Waals surface area contributed by atoms with Crippen molar-refractivity contribution in [2.45, 2.75) is 26.4 Å². The fraction of sp³-hybridized carbons (Fsp3) is 0.385. The third-order valence-electron chi connectivity index (χ3n) is 1.93. The van der Waals surface area contributed by atoms with Crippen molar-refractivity contribution in [1.29, 1.82) is 0 Å². The molecule has 0 aliphatic carbocycles. The van der Waals surface area contributed by atoms with Gasteiger partial charge in [0.2, 0.25) is 0 Å². The largest absolute Gasteiger partial charge is 0.480 e. The number of aliphatic imine (C=N–C) groups is 1. The first kappa shape index (κ1) is 16.6. The number of halogens is 2. The van der Waals surface area contributed by atoms with Crippen LogP contribution < -0.4 is 4.74 Å². The molecule has 20 heavy (non-hydrogen) atoms. The summed E-state index contributed by atoms with van der Waals surface area (Å²) >= 11 is 10.2. The van der Waals surface area contributed by atoms with Crippen LogP contribution in [0.4, 0.5) is 10.1 Å². The van der Waals surface area contributed by atoms with Gasteiger partial charge in [-0.25, -0.2) is 9.18 Å². The molecule has 7 heteroatoms. The Labute approximate surface area is 126 Å². The van der Waals surface area contributed by atoms with Crippen molar-refractivity contribution in [3.05, 3.63) is 23.0 Å². The Morgan fingerprint density at radius 2 is 2.15 bits per heavy atom. The zero-order valence-electron chi connectivity index (χ0n) is 11.2. The van der Waals surface area contributed by atoms with Crippen LogP contribution in [0, 0.1) is 5.82 Å². The van der Waals surface area contributed by atoms with Crippen molar-refractivity contribution in [1.82, 2.24) is 0 Å². The summed E-state index contributed by atoms with van der Waals surface area (Å²) in [5.41, 5.74) is -0.677. The van der Waals surface area contributed by atoms with Crippen LogP contribution in [0.15, 0.2) is 17.1 Å². The third-order valence-corrected chi connectivity index (χ3v) is 2.32. The summed E-state index contributed by atoms with van der Waals surface area (Å²) in [5.74, 6) is -1.10. The number of esters is 1. The molecule has 0 N–H and O–H groups in total. The molecule has 0 unspecified atom stereocenters. The molecule has 0 heterocycles. The first-order chi connectivity index (χ1) is 9.23. The first-order valence-corrected chi connectivity index (χ1v) is 6.43. The summed E-state index contributed by atoms with van der Waals surface area (Å²) in [7, 11) is 0. The molecule has 0 atom stereocenters. The highest BCUT2D eigenvalue weighted by Gasteiger charge is 2.17. The van der Waals surface area contributed by atoms with Crippen molar-refractivity contribution in [2.75, 3.05) is 6.61 Å². The van der Waals surface area contributed by atoms with Crippen LogP contribution in [0.5, 0.6) is 5.75 Å². The predicted octanol–water partition coefficient (Wildman–Crippen LogP) is 3.93. The summed E-state index contributed by atoms with van der Waals surface area (Å²) in [5, 5.41) is 2.07. The third kappa shape index (κ3) is 5.25. The van der Waals surface area contributed by atoms with E-state index >= 15 is 0 Å². The summed E-state index contributed by atoms with van der Waals surface area (Å²) < 4.78 is 23.7. The zero-order chi connectivity index (χ0) is 15.3. The van der Waals surface area contributed by atoms with Crippen molar-refractivity contribution >= 4 is 40.6 Å². The van der Waals surface area contributed by atoms with E-state index in [9.17, 15) is 9.18 Å². The molecule has 4 nitrogen and oxygen atoms in total. The molecule has 0 bridgehead atoms. The van der Waals surface area contributed by atoms with Crippen LogP contribution in [0.2, 0.25) is 5.02 Å². The number of nitrogens with zero attached hydrogens (tertiary/aromatic N) is 1. The topological polar surface area (TPSA) is 47.9 Å². The van der Waals surface area contributed by atoms with Crippen molar-refractivity contribution in [2.24, 2.45) is 4.99 Å². The molecule has 1 aromatic carbocycles. The number of benzene rings is 1. The molecular weight excluding hydrogens is 305 g/mol. The van der Waals surface area contributed by atoms with E-state index in [0.717, 1.165) is 6.07 Å². The number of rotatable bonds is 4. The van der Waals surface area contributed by atoms with Gasteiger partial charge in [0.1, 0.15) is 17.0 Å². The Hall–Kier alpha value is -1.49. The lowest BCUT2D eigenvalue weighted by molar-refractivity contribution is -0.157. The minimum Gasteiger partial charge on any atom is -0.480 e. The van der Waals surface area contributed by atoms with Gasteiger partial charge in [-0.15, -0.1) is 0 Å². The maximum Gasteiger partial charge on any atom is 0.344 e. The minimum absolute atomic E-state index is 0.0226. The molecule has 0 fully saturated rings. The van der Waals surface area contributed by atoms with E-state index in [-0.39, 0.29) is 23.1 Å². The lowest BCUT2D eigenvalue weighted by Crippen LogP contribution is -2.27. The van der Waals surface area contributed by atoms with E-state index in [1.165, 1.54) is 6.07 Å². The smallest absolute Gasteiger partial charge is 0.344 e. The normalized spacial score (nSPS) is 10.7. The van der Waals surface area contributed by atoms with Crippen molar-refractivity contribution < 1.29 is 18.7 Å². The number of hydrogen-bond acceptors (Lipinski definition) is 5. The average Bonchev–Trinajstić information content (AvgIpc) is 2.29. The van der Waals surface area contributed by atoms with Gasteiger partial charge in [-0.05, 0) is 39.1 Å². The van der Waals surface area contributed by atoms with Crippen LogP contribution in [0.1, 0.15) is 20.8 Å². The van der Waals surface area contributed by atoms with E-state index in [0.29, 0.717) is 0 Å². The fourth-order valence-electron chi connectivity index (χ4n) is 1.27. The zero-order valence-corrected chi connectivity index (χ0v) is 12.8. The molecule has 0 aromatic heterocycles. The van der Waals surface area contributed by atoms with Crippen LogP contribution in [-0.4, -0.2) is 23.3 Å². The van der Waals surface area contributed by atoms with Gasteiger partial charge in [-0.3, -0.25) is 0 Å². The number of isothiocyanates is 1. The van der Waals surface area contributed by atoms with Crippen LogP contribution in [0.25, 0.3) is 0 Å². The summed E-state index contributed by atoms with van der Waals surface area (Å²) in [6.45, 7) is 4.87. The van der Waals surface area contributed by atoms with Crippen molar-refractivity contribution in [3.8, 4) is 5.75 Å². The highest BCUT2D eigenvalue weighted by Crippen LogP contribution is 2.31. The Kier molecular flexibility index (Phi) is 5.62. The number of hydrogen-bond donors (Lipinski definition) is 0. The highest BCUT2D eigenvalue weighted by molar-refractivity contribution is 7.78. The van der Waals surface area contributed by atoms with Crippen LogP contribution >= 0.6 is 23.8 Å². The monoisotopic (exact) mass is 317 g/mol. The second-order valence-electron chi connectivity index (χ2n) is 4.81. The molecular formula is C13H13ClFNO3S. The van der Waals surface area contributed by atoms with E-state index in [1.807, 2.05) is 5.16 Å². The summed E-state index contributed by atoms with van der Waals surface area (Å²) in [6.07, 6.45) is 0. The summed E-state index contributed by atoms with van der Waals surface area (Å²) in [4.78, 5) is 15.0. The second-order valence-corrected chi connectivity index (χ2v) is 5.40. The summed E-state index contributed by atoms with van der Waals surface area (Å²) in [6, 6.07) is 2.26. The fourth-order valence-corrected chi connectivity index (χ4v) is 1.57. The Balaban J connectivity index is 2.80. The molecule has 0 saturated heterocycles. The van der Waals surface area contributed by atoms with Crippen LogP contribution in [0.3, 0.4) is 0 Å². The first-order valence-electron chi connectivity index (χ1n) is 5.64. The number of carbonyl (C=O) groups is 1. The highest BCUT2D eigenvalue weighted by atomic mass is 35.5. The molecule has 0 radical (unpaired) electrons. The molecule has 1 aromatic rings. The van der Waals surface area contributed by atoms with E-state index in [2.05, 4.69) is 17.2 Å². The molecule has 0 aliphatic rings. The lowest BCUT2D eigenvalue weighted by Gasteiger charge is -2.19. The van der Waals surface area contributed by atoms with Gasteiger partial charge >= 0.3 is 5.97 Å². The predicted molar refractivity (Wildman–Crippen MR) is 77.4 cm³/mol. The van der Waals surface area contributed by atoms with Gasteiger partial charge in [-0.2, -0.15) is 4.99 Å². The van der Waals surface area contributed by atoms with Gasteiger partial charge in [0.25, 0.3) is 0 Å². The lowest BCUT2D eigenvalue weighted by atomic mass is 10.2. The van der Waals surface area contributed by atoms with E-state index < -0.39 is 17.4 Å². The number of carbonyl (C=O) groups excluding carboxylic acids is 1. The van der Waals surface area contributed by atoms with Crippen LogP contribution in [-0.2, 0) is 9.53 Å². The molecule has 0 saturated carbocycles. The SMILES string of the molecule is CC(C)(C)OC(=O)COc1cc(N=C=S)c(F)cc1Cl. The molecule has 1 rings (SSSR count). The molecule has 0 spiro atoms. The van der Waals surface area contributed by atoms with Gasteiger partial charge in [-0.1, -0.05) is 11.6 Å². The quantitative estimate of drug-likeness (QED) is 0.479. The van der Waals surface area contributed by atoms with E-state index in [1.54, 1.807) is 20.8 Å². The molecule has 0 aliphatic heterocycles. The maximum absolute atomic E-state index is 13.4. The Morgan fingerprint density at radius 3 is 2.70 bits per heavy atom. The Bertz CT molecular complexity index is 565. The van der Waals surface area contributed by atoms with Crippen molar-refractivity contribution in [3.63, 3.8) is 0 Å².